The Morgan fingerprint density at radius 2 is 1.43 bits per heavy atom. The maximum atomic E-state index is 13.3. The topological polar surface area (TPSA) is 238 Å². The number of hydrogen-bond acceptors (Lipinski definition) is 13. The minimum absolute atomic E-state index is 0.0643. The van der Waals surface area contributed by atoms with Gasteiger partial charge in [0, 0.05) is 74.1 Å². The van der Waals surface area contributed by atoms with Crippen molar-refractivity contribution in [1.82, 2.24) is 4.98 Å². The summed E-state index contributed by atoms with van der Waals surface area (Å²) < 4.78 is 112. The molecule has 354 valence electrons. The van der Waals surface area contributed by atoms with E-state index in [2.05, 4.69) is 9.61 Å². The van der Waals surface area contributed by atoms with Crippen molar-refractivity contribution in [2.75, 3.05) is 18.0 Å². The molecule has 0 saturated heterocycles. The van der Waals surface area contributed by atoms with Gasteiger partial charge in [0.25, 0.3) is 30.4 Å². The fourth-order valence-electron chi connectivity index (χ4n) is 9.29. The lowest BCUT2D eigenvalue weighted by Gasteiger charge is -2.26. The van der Waals surface area contributed by atoms with Crippen LogP contribution in [0, 0.1) is 5.41 Å². The summed E-state index contributed by atoms with van der Waals surface area (Å²) in [6, 6.07) is 14.9. The fraction of sp³-hybridized carbons (Fsp3) is 0.298. The maximum Gasteiger partial charge on any atom is 0.295 e. The molecule has 5 aromatic rings. The van der Waals surface area contributed by atoms with Crippen molar-refractivity contribution in [3.05, 3.63) is 119 Å². The molecule has 4 aromatic carbocycles. The summed E-state index contributed by atoms with van der Waals surface area (Å²) >= 11 is 0.571. The summed E-state index contributed by atoms with van der Waals surface area (Å²) in [6.45, 7) is 18.1. The van der Waals surface area contributed by atoms with Crippen LogP contribution in [-0.2, 0) is 50.6 Å². The highest BCUT2D eigenvalue weighted by atomic mass is 32.2. The van der Waals surface area contributed by atoms with Crippen molar-refractivity contribution in [2.24, 2.45) is 5.41 Å². The van der Waals surface area contributed by atoms with Crippen LogP contribution in [0.2, 0.25) is 0 Å². The van der Waals surface area contributed by atoms with Gasteiger partial charge < -0.3 is 4.90 Å². The Kier molecular flexibility index (Phi) is 12.9. The van der Waals surface area contributed by atoms with Gasteiger partial charge in [0.2, 0.25) is 5.69 Å². The SMILES string of the molecule is CCN1/C(=C/C=C(/C=C/C2=[N+](CC)c3ccc4c(SOOO)cc(S(=O)(=O)O)cc4c3C2(C)C)c2ccc(C(=O)C(C)(C)C)cn2)C(C)(C)c2c1ccc1c(S(=O)(=O)O)cc(S(=O)(=O)O)cc21. The Hall–Kier alpha value is -5.13. The molecule has 0 unspecified atom stereocenters. The predicted octanol–water partition coefficient (Wildman–Crippen LogP) is 9.52. The summed E-state index contributed by atoms with van der Waals surface area (Å²) in [4.78, 5) is 18.5. The van der Waals surface area contributed by atoms with Crippen molar-refractivity contribution >= 4 is 92.4 Å². The Balaban J connectivity index is 1.43. The number of ketones is 1. The van der Waals surface area contributed by atoms with Gasteiger partial charge in [-0.3, -0.25) is 23.4 Å². The van der Waals surface area contributed by atoms with Crippen molar-refractivity contribution < 1.29 is 62.9 Å². The monoisotopic (exact) mass is 992 g/mol. The normalized spacial score (nSPS) is 17.1. The number of pyridine rings is 1. The average molecular weight is 993 g/mol. The molecule has 0 bridgehead atoms. The molecular formula is C47H50N3O13S4+. The number of likely N-dealkylation sites (N-methyl/N-ethyl adjacent to an activating group) is 1. The minimum Gasteiger partial charge on any atom is -0.344 e. The van der Waals surface area contributed by atoms with Crippen molar-refractivity contribution in [1.29, 1.82) is 0 Å². The zero-order valence-electron chi connectivity index (χ0n) is 38.0. The summed E-state index contributed by atoms with van der Waals surface area (Å²) in [5, 5.41) is 14.1. The summed E-state index contributed by atoms with van der Waals surface area (Å²) in [6.07, 6.45) is 9.09. The first-order chi connectivity index (χ1) is 31.1. The first-order valence-corrected chi connectivity index (χ1v) is 26.0. The van der Waals surface area contributed by atoms with E-state index in [9.17, 15) is 43.7 Å². The molecule has 2 aliphatic heterocycles. The van der Waals surface area contributed by atoms with Crippen molar-refractivity contribution in [3.63, 3.8) is 0 Å². The number of benzene rings is 4. The molecular weight excluding hydrogens is 943 g/mol. The molecule has 0 fully saturated rings. The molecule has 1 aromatic heterocycles. The van der Waals surface area contributed by atoms with Gasteiger partial charge in [-0.05, 0) is 110 Å². The molecule has 3 heterocycles. The highest BCUT2D eigenvalue weighted by molar-refractivity contribution is 7.94. The Morgan fingerprint density at radius 1 is 0.806 bits per heavy atom. The molecule has 0 atom stereocenters. The minimum atomic E-state index is -4.95. The van der Waals surface area contributed by atoms with Crippen LogP contribution in [0.15, 0.2) is 116 Å². The number of allylic oxidation sites excluding steroid dienone is 6. The van der Waals surface area contributed by atoms with Crippen LogP contribution in [0.25, 0.3) is 27.1 Å². The maximum absolute atomic E-state index is 13.3. The van der Waals surface area contributed by atoms with E-state index in [1.807, 2.05) is 97.6 Å². The number of Topliss-reactive ketones (excluding diaryl/α,β-unsaturated/α-hetero) is 1. The second-order valence-corrected chi connectivity index (χ2v) is 23.2. The third-order valence-electron chi connectivity index (χ3n) is 12.3. The number of carbonyl (C=O) groups excluding carboxylic acids is 1. The standard InChI is InChI=1S/C47H49N3O13S4/c1-10-49-36-18-15-31-33(22-29(65(53,54)55)24-38(31)64-63-62-52)42(36)46(6,7)40(49)20-13-27(35-17-12-28(26-48-35)44(51)45(3,4)5)14-21-41-47(8,9)43-34-23-30(66(56,57)58)25-39(67(59,60)61)32(34)16-19-37(43)50(41)11-2/h12-26H,10-11H2,1-9H3,(H3-,52,53,54,55,56,57,58,59,60,61)/p+1. The zero-order chi connectivity index (χ0) is 49.4. The van der Waals surface area contributed by atoms with Crippen LogP contribution in [0.1, 0.15) is 89.5 Å². The van der Waals surface area contributed by atoms with Gasteiger partial charge >= 0.3 is 0 Å². The summed E-state index contributed by atoms with van der Waals surface area (Å²) in [5.41, 5.74) is 3.42. The third kappa shape index (κ3) is 9.03. The smallest absolute Gasteiger partial charge is 0.295 e. The van der Waals surface area contributed by atoms with Crippen LogP contribution < -0.4 is 4.90 Å². The predicted molar refractivity (Wildman–Crippen MR) is 256 cm³/mol. The summed E-state index contributed by atoms with van der Waals surface area (Å²) in [7, 11) is -14.5. The molecule has 7 rings (SSSR count). The second-order valence-electron chi connectivity index (χ2n) is 18.2. The Bertz CT molecular complexity index is 3390. The highest BCUT2D eigenvalue weighted by Crippen LogP contribution is 2.52. The van der Waals surface area contributed by atoms with Crippen molar-refractivity contribution in [3.8, 4) is 0 Å². The number of rotatable bonds is 13. The van der Waals surface area contributed by atoms with Gasteiger partial charge in [0.05, 0.1) is 32.9 Å². The van der Waals surface area contributed by atoms with Crippen LogP contribution >= 0.6 is 12.0 Å². The largest absolute Gasteiger partial charge is 0.344 e. The van der Waals surface area contributed by atoms with Crippen molar-refractivity contribution in [2.45, 2.75) is 92.7 Å². The molecule has 0 amide bonds. The number of hydrogen-bond donors (Lipinski definition) is 4. The van der Waals surface area contributed by atoms with E-state index in [1.165, 1.54) is 30.5 Å². The number of aromatic nitrogens is 1. The fourth-order valence-corrected chi connectivity index (χ4v) is 11.8. The molecule has 0 radical (unpaired) electrons. The molecule has 4 N–H and O–H groups in total. The van der Waals surface area contributed by atoms with Crippen LogP contribution in [0.5, 0.6) is 0 Å². The zero-order valence-corrected chi connectivity index (χ0v) is 41.3. The molecule has 0 saturated carbocycles. The average Bonchev–Trinajstić information content (AvgIpc) is 3.61. The van der Waals surface area contributed by atoms with Gasteiger partial charge in [0.1, 0.15) is 11.4 Å². The molecule has 0 spiro atoms. The third-order valence-corrected chi connectivity index (χ3v) is 15.5. The van der Waals surface area contributed by atoms with E-state index in [0.29, 0.717) is 64.0 Å². The van der Waals surface area contributed by atoms with E-state index in [-0.39, 0.29) is 26.3 Å². The van der Waals surface area contributed by atoms with E-state index < -0.39 is 56.4 Å². The molecule has 20 heteroatoms. The van der Waals surface area contributed by atoms with Crippen LogP contribution in [0.4, 0.5) is 11.4 Å². The van der Waals surface area contributed by atoms with E-state index in [0.717, 1.165) is 28.7 Å². The van der Waals surface area contributed by atoms with Crippen LogP contribution in [0.3, 0.4) is 0 Å². The van der Waals surface area contributed by atoms with Gasteiger partial charge in [-0.15, -0.1) is 4.33 Å². The lowest BCUT2D eigenvalue weighted by Crippen LogP contribution is -2.27. The Labute approximate surface area is 393 Å². The first-order valence-electron chi connectivity index (χ1n) is 20.9. The van der Waals surface area contributed by atoms with Gasteiger partial charge in [-0.1, -0.05) is 51.8 Å². The van der Waals surface area contributed by atoms with Gasteiger partial charge in [-0.25, -0.2) is 5.26 Å². The molecule has 0 aliphatic carbocycles. The number of fused-ring (bicyclic) bond motifs is 6. The Morgan fingerprint density at radius 3 is 1.99 bits per heavy atom. The number of anilines is 1. The van der Waals surface area contributed by atoms with E-state index >= 15 is 0 Å². The van der Waals surface area contributed by atoms with E-state index in [1.54, 1.807) is 24.3 Å². The second kappa shape index (κ2) is 17.4. The highest BCUT2D eigenvalue weighted by Gasteiger charge is 2.46. The first kappa shape index (κ1) is 49.8. The van der Waals surface area contributed by atoms with Gasteiger partial charge in [-0.2, -0.15) is 29.8 Å². The van der Waals surface area contributed by atoms with E-state index in [4.69, 9.17) is 14.6 Å². The van der Waals surface area contributed by atoms with Crippen LogP contribution in [-0.4, -0.2) is 78.3 Å². The lowest BCUT2D eigenvalue weighted by molar-refractivity contribution is -0.433. The lowest BCUT2D eigenvalue weighted by atomic mass is 9.79. The molecule has 2 aliphatic rings. The number of nitrogens with zero attached hydrogens (tertiary/aromatic N) is 3. The summed E-state index contributed by atoms with van der Waals surface area (Å²) in [5.74, 6) is -0.0960. The molecule has 16 nitrogen and oxygen atoms in total. The number of carbonyl (C=O) groups is 1. The molecule has 67 heavy (non-hydrogen) atoms. The van der Waals surface area contributed by atoms with Gasteiger partial charge in [0.15, 0.2) is 11.5 Å². The quantitative estimate of drug-likeness (QED) is 0.0163.